The van der Waals surface area contributed by atoms with Crippen molar-refractivity contribution in [3.05, 3.63) is 53.9 Å². The summed E-state index contributed by atoms with van der Waals surface area (Å²) in [6.45, 7) is 5.98. The van der Waals surface area contributed by atoms with Crippen LogP contribution in [0.3, 0.4) is 0 Å². The summed E-state index contributed by atoms with van der Waals surface area (Å²) in [6.07, 6.45) is 6.63. The normalized spacial score (nSPS) is 32.5. The molecule has 1 aromatic carbocycles. The Bertz CT molecular complexity index is 947. The van der Waals surface area contributed by atoms with Gasteiger partial charge in [-0.05, 0) is 62.5 Å². The predicted molar refractivity (Wildman–Crippen MR) is 117 cm³/mol. The predicted octanol–water partition coefficient (Wildman–Crippen LogP) is 3.85. The van der Waals surface area contributed by atoms with Crippen LogP contribution in [0.25, 0.3) is 0 Å². The van der Waals surface area contributed by atoms with Gasteiger partial charge in [0.25, 0.3) is 0 Å². The van der Waals surface area contributed by atoms with Crippen LogP contribution in [-0.4, -0.2) is 35.1 Å². The fourth-order valence-electron chi connectivity index (χ4n) is 4.09. The molecule has 0 unspecified atom stereocenters. The smallest absolute Gasteiger partial charge is 0.334 e. The molecule has 4 atom stereocenters. The van der Waals surface area contributed by atoms with Gasteiger partial charge in [-0.2, -0.15) is 5.10 Å². The van der Waals surface area contributed by atoms with Crippen molar-refractivity contribution in [2.24, 2.45) is 11.0 Å². The maximum Gasteiger partial charge on any atom is 0.334 e. The van der Waals surface area contributed by atoms with E-state index in [2.05, 4.69) is 35.4 Å². The number of allylic oxidation sites excluding steroid dienone is 2. The molecule has 1 aliphatic carbocycles. The SMILES string of the molecule is C=C1C(=O)O[C@H]2[C@H]1CCC(/C=N/NC(=S)Nc1ccccc1F)=C\CC[C@@]1(C)O[C@@H]21. The van der Waals surface area contributed by atoms with Crippen LogP contribution in [0.2, 0.25) is 0 Å². The highest BCUT2D eigenvalue weighted by Gasteiger charge is 2.61. The second-order valence-corrected chi connectivity index (χ2v) is 8.42. The number of nitrogens with zero attached hydrogens (tertiary/aromatic N) is 1. The van der Waals surface area contributed by atoms with Crippen LogP contribution in [-0.2, 0) is 14.3 Å². The second-order valence-electron chi connectivity index (χ2n) is 8.01. The van der Waals surface area contributed by atoms with Gasteiger partial charge in [-0.3, -0.25) is 5.43 Å². The monoisotopic (exact) mass is 429 g/mol. The lowest BCUT2D eigenvalue weighted by molar-refractivity contribution is -0.140. The number of hydrogen-bond acceptors (Lipinski definition) is 5. The van der Waals surface area contributed by atoms with Crippen LogP contribution in [0.4, 0.5) is 10.1 Å². The first kappa shape index (κ1) is 20.7. The van der Waals surface area contributed by atoms with E-state index < -0.39 is 5.82 Å². The lowest BCUT2D eigenvalue weighted by Crippen LogP contribution is -2.29. The number of nitrogens with one attached hydrogen (secondary N) is 2. The Morgan fingerprint density at radius 2 is 2.23 bits per heavy atom. The van der Waals surface area contributed by atoms with E-state index in [1.165, 1.54) is 6.07 Å². The van der Waals surface area contributed by atoms with E-state index in [4.69, 9.17) is 21.7 Å². The summed E-state index contributed by atoms with van der Waals surface area (Å²) in [7, 11) is 0. The topological polar surface area (TPSA) is 75.2 Å². The zero-order chi connectivity index (χ0) is 21.3. The highest BCUT2D eigenvalue weighted by Crippen LogP contribution is 2.49. The summed E-state index contributed by atoms with van der Waals surface area (Å²) in [5.41, 5.74) is 4.27. The van der Waals surface area contributed by atoms with Gasteiger partial charge in [0.15, 0.2) is 5.11 Å². The van der Waals surface area contributed by atoms with Crippen LogP contribution in [0.15, 0.2) is 53.2 Å². The van der Waals surface area contributed by atoms with Crippen LogP contribution < -0.4 is 10.7 Å². The minimum Gasteiger partial charge on any atom is -0.455 e. The van der Waals surface area contributed by atoms with Gasteiger partial charge in [0.05, 0.1) is 17.5 Å². The minimum atomic E-state index is -0.391. The lowest BCUT2D eigenvalue weighted by Gasteiger charge is -2.19. The number of halogens is 1. The first-order valence-corrected chi connectivity index (χ1v) is 10.4. The summed E-state index contributed by atoms with van der Waals surface area (Å²) < 4.78 is 25.2. The van der Waals surface area contributed by atoms with Gasteiger partial charge >= 0.3 is 5.97 Å². The molecule has 0 bridgehead atoms. The van der Waals surface area contributed by atoms with Crippen LogP contribution in [0.5, 0.6) is 0 Å². The van der Waals surface area contributed by atoms with Crippen molar-refractivity contribution in [3.8, 4) is 0 Å². The van der Waals surface area contributed by atoms with E-state index in [-0.39, 0.29) is 40.5 Å². The number of thiocarbonyl (C=S) groups is 1. The summed E-state index contributed by atoms with van der Waals surface area (Å²) in [5.74, 6) is -0.776. The maximum absolute atomic E-state index is 13.7. The molecule has 8 heteroatoms. The number of benzene rings is 1. The lowest BCUT2D eigenvalue weighted by atomic mass is 9.84. The van der Waals surface area contributed by atoms with Crippen molar-refractivity contribution in [3.63, 3.8) is 0 Å². The molecular weight excluding hydrogens is 405 g/mol. The van der Waals surface area contributed by atoms with E-state index in [0.29, 0.717) is 5.57 Å². The molecule has 3 aliphatic rings. The summed E-state index contributed by atoms with van der Waals surface area (Å²) >= 11 is 5.17. The number of ether oxygens (including phenoxy) is 2. The fraction of sp³-hybridized carbons (Fsp3) is 0.409. The highest BCUT2D eigenvalue weighted by molar-refractivity contribution is 7.80. The number of hydrazone groups is 1. The Balaban J connectivity index is 1.39. The first-order valence-electron chi connectivity index (χ1n) is 9.98. The van der Waals surface area contributed by atoms with Crippen LogP contribution >= 0.6 is 12.2 Å². The third-order valence-electron chi connectivity index (χ3n) is 5.90. The number of para-hydroxylation sites is 1. The van der Waals surface area contributed by atoms with E-state index in [9.17, 15) is 9.18 Å². The Morgan fingerprint density at radius 3 is 3.03 bits per heavy atom. The van der Waals surface area contributed by atoms with E-state index in [0.717, 1.165) is 31.3 Å². The number of esters is 1. The molecule has 2 N–H and O–H groups in total. The minimum absolute atomic E-state index is 0.0576. The van der Waals surface area contributed by atoms with Gasteiger partial charge < -0.3 is 14.8 Å². The Morgan fingerprint density at radius 1 is 1.43 bits per heavy atom. The standard InChI is InChI=1S/C22H24FN3O3S/c1-13-15-10-9-14(6-5-11-22(2)19(29-22)18(15)28-20(13)27)12-24-26-21(30)25-17-8-4-3-7-16(17)23/h3-4,6-8,12,15,18-19H,1,5,9-11H2,2H3,(H2,25,26,30)/b14-6+,24-12+/t15-,18-,19-,22+/m0/s1. The van der Waals surface area contributed by atoms with Crippen molar-refractivity contribution in [1.29, 1.82) is 0 Å². The molecule has 2 heterocycles. The second kappa shape index (κ2) is 8.28. The molecule has 0 radical (unpaired) electrons. The number of hydrogen-bond donors (Lipinski definition) is 2. The zero-order valence-corrected chi connectivity index (χ0v) is 17.5. The fourth-order valence-corrected chi connectivity index (χ4v) is 4.25. The Hall–Kier alpha value is -2.58. The molecule has 4 rings (SSSR count). The summed E-state index contributed by atoms with van der Waals surface area (Å²) in [5, 5.41) is 7.16. The number of anilines is 1. The maximum atomic E-state index is 13.7. The van der Waals surface area contributed by atoms with E-state index in [1.807, 2.05) is 0 Å². The number of carbonyl (C=O) groups excluding carboxylic acids is 1. The molecule has 0 saturated carbocycles. The average Bonchev–Trinajstić information content (AvgIpc) is 3.30. The summed E-state index contributed by atoms with van der Waals surface area (Å²) in [4.78, 5) is 12.0. The van der Waals surface area contributed by atoms with Gasteiger partial charge in [-0.1, -0.05) is 24.8 Å². The number of epoxide rings is 1. The van der Waals surface area contributed by atoms with Gasteiger partial charge in [0.1, 0.15) is 18.0 Å². The molecule has 30 heavy (non-hydrogen) atoms. The van der Waals surface area contributed by atoms with Crippen molar-refractivity contribution >= 4 is 35.2 Å². The van der Waals surface area contributed by atoms with Crippen molar-refractivity contribution < 1.29 is 18.7 Å². The van der Waals surface area contributed by atoms with Gasteiger partial charge in [-0.25, -0.2) is 9.18 Å². The Kier molecular flexibility index (Phi) is 5.71. The molecule has 6 nitrogen and oxygen atoms in total. The van der Waals surface area contributed by atoms with Gasteiger partial charge in [0, 0.05) is 11.5 Å². The molecule has 158 valence electrons. The van der Waals surface area contributed by atoms with Crippen molar-refractivity contribution in [2.75, 3.05) is 5.32 Å². The van der Waals surface area contributed by atoms with Crippen LogP contribution in [0, 0.1) is 11.7 Å². The third-order valence-corrected chi connectivity index (χ3v) is 6.09. The third kappa shape index (κ3) is 4.29. The van der Waals surface area contributed by atoms with Crippen molar-refractivity contribution in [2.45, 2.75) is 50.4 Å². The average molecular weight is 430 g/mol. The first-order chi connectivity index (χ1) is 14.4. The zero-order valence-electron chi connectivity index (χ0n) is 16.7. The molecule has 0 amide bonds. The molecule has 1 aromatic rings. The molecule has 2 saturated heterocycles. The number of fused-ring (bicyclic) bond motifs is 3. The van der Waals surface area contributed by atoms with Crippen LogP contribution in [0.1, 0.15) is 32.6 Å². The molecule has 2 aliphatic heterocycles. The Labute approximate surface area is 180 Å². The van der Waals surface area contributed by atoms with Gasteiger partial charge in [-0.15, -0.1) is 0 Å². The van der Waals surface area contributed by atoms with E-state index >= 15 is 0 Å². The van der Waals surface area contributed by atoms with Gasteiger partial charge in [0.2, 0.25) is 0 Å². The molecule has 2 fully saturated rings. The number of rotatable bonds is 3. The highest BCUT2D eigenvalue weighted by atomic mass is 32.1. The largest absolute Gasteiger partial charge is 0.455 e. The number of carbonyl (C=O) groups is 1. The van der Waals surface area contributed by atoms with E-state index in [1.54, 1.807) is 24.4 Å². The van der Waals surface area contributed by atoms with Crippen molar-refractivity contribution in [1.82, 2.24) is 5.43 Å². The molecular formula is C22H24FN3O3S. The summed E-state index contributed by atoms with van der Waals surface area (Å²) in [6, 6.07) is 6.28. The molecule has 0 spiro atoms. The quantitative estimate of drug-likeness (QED) is 0.190. The molecule has 0 aromatic heterocycles.